The Morgan fingerprint density at radius 3 is 2.52 bits per heavy atom. The third-order valence-corrected chi connectivity index (χ3v) is 7.67. The Morgan fingerprint density at radius 1 is 1.22 bits per heavy atom. The molecule has 2 N–H and O–H groups in total. The van der Waals surface area contributed by atoms with Crippen LogP contribution in [0, 0.1) is 17.3 Å². The van der Waals surface area contributed by atoms with E-state index in [2.05, 4.69) is 27.8 Å². The maximum Gasteiger partial charge on any atom is 0.0900 e. The number of rotatable bonds is 6. The fourth-order valence-corrected chi connectivity index (χ4v) is 5.47. The van der Waals surface area contributed by atoms with Crippen molar-refractivity contribution in [3.05, 3.63) is 10.6 Å². The zero-order chi connectivity index (χ0) is 17.3. The topological polar surface area (TPSA) is 40.5 Å². The minimum absolute atomic E-state index is 0.483. The molecule has 134 valence electrons. The zero-order valence-electron chi connectivity index (χ0n) is 15.4. The predicted octanol–water partition coefficient (Wildman–Crippen LogP) is 5.56. The molecule has 0 amide bonds. The van der Waals surface area contributed by atoms with Gasteiger partial charge in [0.2, 0.25) is 0 Å². The number of aliphatic hydroxyl groups is 2. The first-order valence-electron chi connectivity index (χ1n) is 9.36. The normalized spacial score (nSPS) is 36.0. The molecule has 4 unspecified atom stereocenters. The molecule has 0 aromatic heterocycles. The van der Waals surface area contributed by atoms with Crippen LogP contribution in [-0.2, 0) is 0 Å². The number of fused-ring (bicyclic) bond motifs is 1. The summed E-state index contributed by atoms with van der Waals surface area (Å²) >= 11 is 3.58. The molecule has 0 heterocycles. The van der Waals surface area contributed by atoms with Gasteiger partial charge in [-0.2, -0.15) is 0 Å². The van der Waals surface area contributed by atoms with E-state index in [-0.39, 0.29) is 0 Å². The van der Waals surface area contributed by atoms with Crippen molar-refractivity contribution in [2.45, 2.75) is 96.7 Å². The molecule has 3 heteroatoms. The molecule has 23 heavy (non-hydrogen) atoms. The Kier molecular flexibility index (Phi) is 6.07. The summed E-state index contributed by atoms with van der Waals surface area (Å²) in [6, 6.07) is 0. The first-order valence-corrected chi connectivity index (χ1v) is 10.3. The van der Waals surface area contributed by atoms with Gasteiger partial charge in [-0.05, 0) is 88.0 Å². The Bertz CT molecular complexity index is 435. The summed E-state index contributed by atoms with van der Waals surface area (Å²) in [6.45, 7) is 7.67. The van der Waals surface area contributed by atoms with Gasteiger partial charge in [0.15, 0.2) is 0 Å². The van der Waals surface area contributed by atoms with Crippen molar-refractivity contribution < 1.29 is 10.2 Å². The van der Waals surface area contributed by atoms with Crippen molar-refractivity contribution in [2.75, 3.05) is 0 Å². The van der Waals surface area contributed by atoms with Crippen LogP contribution in [0.4, 0.5) is 0 Å². The molecular weight excluding hydrogens is 352 g/mol. The van der Waals surface area contributed by atoms with Crippen LogP contribution in [-0.4, -0.2) is 21.4 Å². The van der Waals surface area contributed by atoms with E-state index in [1.54, 1.807) is 26.3 Å². The number of hydrogen-bond donors (Lipinski definition) is 2. The van der Waals surface area contributed by atoms with Crippen molar-refractivity contribution >= 4 is 15.9 Å². The number of halogens is 1. The van der Waals surface area contributed by atoms with Gasteiger partial charge in [-0.3, -0.25) is 0 Å². The smallest absolute Gasteiger partial charge is 0.0900 e. The summed E-state index contributed by atoms with van der Waals surface area (Å²) in [5, 5.41) is 20.4. The lowest BCUT2D eigenvalue weighted by atomic mass is 9.63. The van der Waals surface area contributed by atoms with Gasteiger partial charge in [0, 0.05) is 0 Å². The molecule has 2 fully saturated rings. The van der Waals surface area contributed by atoms with Crippen LogP contribution in [0.2, 0.25) is 0 Å². The van der Waals surface area contributed by atoms with Gasteiger partial charge in [0.25, 0.3) is 0 Å². The second-order valence-corrected chi connectivity index (χ2v) is 9.41. The maximum absolute atomic E-state index is 10.4. The average molecular weight is 387 g/mol. The lowest BCUT2D eigenvalue weighted by molar-refractivity contribution is -0.124. The summed E-state index contributed by atoms with van der Waals surface area (Å²) in [4.78, 5) is 2.19. The van der Waals surface area contributed by atoms with Crippen LogP contribution in [0.25, 0.3) is 0 Å². The van der Waals surface area contributed by atoms with E-state index in [1.165, 1.54) is 38.5 Å². The monoisotopic (exact) mass is 386 g/mol. The molecule has 0 aromatic carbocycles. The predicted molar refractivity (Wildman–Crippen MR) is 101 cm³/mol. The largest absolute Gasteiger partial charge is 0.387 e. The van der Waals surface area contributed by atoms with E-state index in [4.69, 9.17) is 0 Å². The van der Waals surface area contributed by atoms with Gasteiger partial charge >= 0.3 is 0 Å². The third-order valence-electron chi connectivity index (χ3n) is 7.09. The van der Waals surface area contributed by atoms with Crippen molar-refractivity contribution in [1.29, 1.82) is 0 Å². The van der Waals surface area contributed by atoms with E-state index < -0.39 is 11.2 Å². The van der Waals surface area contributed by atoms with Crippen molar-refractivity contribution in [2.24, 2.45) is 17.3 Å². The van der Waals surface area contributed by atoms with Crippen molar-refractivity contribution in [1.82, 2.24) is 0 Å². The minimum atomic E-state index is -1.03. The Balaban J connectivity index is 1.85. The first kappa shape index (κ1) is 19.5. The standard InChI is InChI=1S/C20H35BrO2/c1-18(2,22)20(4,23)13-6-5-9-16-10-11-17-15(14-21)8-7-12-19(16,17)3/h14,16-17,22-23H,5-13H2,1-4H3/b15-14+. The number of allylic oxidation sites excluding steroid dienone is 1. The quantitative estimate of drug-likeness (QED) is 0.586. The van der Waals surface area contributed by atoms with E-state index in [9.17, 15) is 10.2 Å². The van der Waals surface area contributed by atoms with Gasteiger partial charge in [0.1, 0.15) is 0 Å². The second-order valence-electron chi connectivity index (χ2n) is 8.95. The zero-order valence-corrected chi connectivity index (χ0v) is 17.0. The van der Waals surface area contributed by atoms with Gasteiger partial charge in [-0.15, -0.1) is 0 Å². The van der Waals surface area contributed by atoms with E-state index in [0.29, 0.717) is 11.8 Å². The number of hydrogen-bond acceptors (Lipinski definition) is 2. The Hall–Kier alpha value is 0.140. The third kappa shape index (κ3) is 4.04. The van der Waals surface area contributed by atoms with E-state index in [0.717, 1.165) is 24.7 Å². The lowest BCUT2D eigenvalue weighted by Gasteiger charge is -2.42. The van der Waals surface area contributed by atoms with Crippen LogP contribution in [0.3, 0.4) is 0 Å². The maximum atomic E-state index is 10.4. The Morgan fingerprint density at radius 2 is 1.91 bits per heavy atom. The molecule has 0 saturated heterocycles. The molecule has 0 spiro atoms. The van der Waals surface area contributed by atoms with E-state index >= 15 is 0 Å². The summed E-state index contributed by atoms with van der Waals surface area (Å²) < 4.78 is 0. The molecule has 0 aromatic rings. The summed E-state index contributed by atoms with van der Waals surface area (Å²) in [5.41, 5.74) is 0.0879. The molecule has 0 radical (unpaired) electrons. The highest BCUT2D eigenvalue weighted by atomic mass is 79.9. The summed E-state index contributed by atoms with van der Waals surface area (Å²) in [7, 11) is 0. The highest BCUT2D eigenvalue weighted by Gasteiger charge is 2.48. The molecule has 0 bridgehead atoms. The molecule has 2 rings (SSSR count). The highest BCUT2D eigenvalue weighted by Crippen LogP contribution is 2.58. The van der Waals surface area contributed by atoms with Crippen LogP contribution in [0.15, 0.2) is 10.6 Å². The van der Waals surface area contributed by atoms with Gasteiger partial charge in [-0.25, -0.2) is 0 Å². The molecule has 0 aliphatic heterocycles. The molecule has 4 atom stereocenters. The molecule has 2 saturated carbocycles. The van der Waals surface area contributed by atoms with Crippen LogP contribution in [0.1, 0.15) is 85.5 Å². The summed E-state index contributed by atoms with van der Waals surface area (Å²) in [6.07, 6.45) is 10.8. The van der Waals surface area contributed by atoms with Gasteiger partial charge < -0.3 is 10.2 Å². The van der Waals surface area contributed by atoms with Gasteiger partial charge in [0.05, 0.1) is 11.2 Å². The van der Waals surface area contributed by atoms with Crippen LogP contribution >= 0.6 is 15.9 Å². The Labute approximate surface area is 150 Å². The molecule has 2 nitrogen and oxygen atoms in total. The van der Waals surface area contributed by atoms with Crippen LogP contribution in [0.5, 0.6) is 0 Å². The molecular formula is C20H35BrO2. The van der Waals surface area contributed by atoms with Crippen LogP contribution < -0.4 is 0 Å². The molecule has 2 aliphatic rings. The lowest BCUT2D eigenvalue weighted by Crippen LogP contribution is -2.47. The fraction of sp³-hybridized carbons (Fsp3) is 0.900. The molecule has 2 aliphatic carbocycles. The van der Waals surface area contributed by atoms with E-state index in [1.807, 2.05) is 0 Å². The number of unbranched alkanes of at least 4 members (excludes halogenated alkanes) is 1. The van der Waals surface area contributed by atoms with Crippen molar-refractivity contribution in [3.8, 4) is 0 Å². The highest BCUT2D eigenvalue weighted by molar-refractivity contribution is 9.11. The summed E-state index contributed by atoms with van der Waals surface area (Å²) in [5.74, 6) is 1.60. The van der Waals surface area contributed by atoms with Crippen molar-refractivity contribution in [3.63, 3.8) is 0 Å². The first-order chi connectivity index (χ1) is 10.6. The second kappa shape index (κ2) is 7.17. The minimum Gasteiger partial charge on any atom is -0.387 e. The SMILES string of the molecule is CC12CCC/C(=C\Br)C1CCC2CCCCC(C)(O)C(C)(C)O. The van der Waals surface area contributed by atoms with Gasteiger partial charge in [-0.1, -0.05) is 41.3 Å². The average Bonchev–Trinajstić information content (AvgIpc) is 2.79. The fourth-order valence-electron chi connectivity index (χ4n) is 4.92.